The molecule has 0 aliphatic carbocycles. The van der Waals surface area contributed by atoms with Crippen LogP contribution < -0.4 is 70.0 Å². The maximum absolute atomic E-state index is 14.4. The zero-order valence-electron chi connectivity index (χ0n) is 55.2. The number of unbranched alkanes of at least 4 members (excludes halogenated alkanes) is 1. The summed E-state index contributed by atoms with van der Waals surface area (Å²) < 4.78 is 0. The van der Waals surface area contributed by atoms with E-state index in [-0.39, 0.29) is 80.4 Å². The minimum absolute atomic E-state index is 0.0360. The van der Waals surface area contributed by atoms with Crippen LogP contribution in [0.3, 0.4) is 0 Å². The molecule has 0 aliphatic heterocycles. The first-order chi connectivity index (χ1) is 45.7. The minimum Gasteiger partial charge on any atom is -0.508 e. The zero-order valence-corrected chi connectivity index (χ0v) is 57.8. The van der Waals surface area contributed by atoms with Crippen molar-refractivity contribution in [3.8, 4) is 11.5 Å². The quantitative estimate of drug-likeness (QED) is 0.0248. The van der Waals surface area contributed by atoms with E-state index in [2.05, 4.69) is 83.7 Å². The number of aromatic hydroxyl groups is 2. The number of carbonyl (C=O) groups is 14. The smallest absolute Gasteiger partial charge is 0.327 e. The second-order valence-corrected chi connectivity index (χ2v) is 25.3. The number of thiol groups is 2. The van der Waals surface area contributed by atoms with Crippen LogP contribution in [0.2, 0.25) is 0 Å². The van der Waals surface area contributed by atoms with Gasteiger partial charge in [-0.3, -0.25) is 62.3 Å². The van der Waals surface area contributed by atoms with E-state index < -0.39 is 181 Å². The number of hydrogen-bond acceptors (Lipinski definition) is 21. The van der Waals surface area contributed by atoms with Gasteiger partial charge < -0.3 is 95.5 Å². The Morgan fingerprint density at radius 3 is 1.31 bits per heavy atom. The number of carboxylic acid groups (broad SMARTS) is 3. The summed E-state index contributed by atoms with van der Waals surface area (Å²) in [5.74, 6) is -16.1. The number of carboxylic acids is 3. The topological polar surface area (TPSA) is 524 Å². The van der Waals surface area contributed by atoms with Crippen LogP contribution in [0.5, 0.6) is 11.5 Å². The van der Waals surface area contributed by atoms with E-state index in [0.29, 0.717) is 23.3 Å². The number of phenols is 2. The first-order valence-corrected chi connectivity index (χ1v) is 34.1. The minimum atomic E-state index is -1.93. The van der Waals surface area contributed by atoms with Crippen LogP contribution >= 0.6 is 37.0 Å². The van der Waals surface area contributed by atoms with Crippen molar-refractivity contribution in [3.63, 3.8) is 0 Å². The fraction of sp³-hybridized carbons (Fsp3) is 0.581. The number of carbonyl (C=O) groups excluding carboxylic acids is 11. The summed E-state index contributed by atoms with van der Waals surface area (Å²) in [4.78, 5) is 189. The van der Waals surface area contributed by atoms with Crippen LogP contribution in [0.4, 0.5) is 0 Å². The molecule has 0 saturated carbocycles. The predicted octanol–water partition coefficient (Wildman–Crippen LogP) is -2.16. The van der Waals surface area contributed by atoms with Crippen LogP contribution in [-0.2, 0) is 80.0 Å². The third-order valence-corrected chi connectivity index (χ3v) is 16.5. The third-order valence-electron chi connectivity index (χ3n) is 15.1. The second kappa shape index (κ2) is 43.7. The summed E-state index contributed by atoms with van der Waals surface area (Å²) in [5, 5.41) is 76.2. The highest BCUT2D eigenvalue weighted by atomic mass is 32.2. The molecule has 0 aromatic heterocycles. The van der Waals surface area contributed by atoms with E-state index in [9.17, 15) is 92.7 Å². The van der Waals surface area contributed by atoms with Crippen LogP contribution in [0, 0.1) is 11.8 Å². The maximum atomic E-state index is 14.4. The van der Waals surface area contributed by atoms with Crippen molar-refractivity contribution in [2.45, 2.75) is 185 Å². The van der Waals surface area contributed by atoms with E-state index in [1.807, 2.05) is 0 Å². The largest absolute Gasteiger partial charge is 0.508 e. The Labute approximate surface area is 577 Å². The molecular formula is C62H95N13O19S3. The van der Waals surface area contributed by atoms with Gasteiger partial charge in [0.1, 0.15) is 78.0 Å². The van der Waals surface area contributed by atoms with Gasteiger partial charge in [0.05, 0.1) is 12.5 Å². The molecule has 20 N–H and O–H groups in total. The van der Waals surface area contributed by atoms with Gasteiger partial charge in [0, 0.05) is 30.8 Å². The first-order valence-electron chi connectivity index (χ1n) is 31.4. The molecule has 97 heavy (non-hydrogen) atoms. The lowest BCUT2D eigenvalue weighted by Gasteiger charge is -2.29. The number of hydrogen-bond donors (Lipinski definition) is 20. The van der Waals surface area contributed by atoms with Gasteiger partial charge in [0.2, 0.25) is 65.0 Å². The molecule has 0 radical (unpaired) electrons. The number of phenolic OH excluding ortho intramolecular Hbond substituents is 2. The Hall–Kier alpha value is -8.41. The van der Waals surface area contributed by atoms with Crippen molar-refractivity contribution in [1.29, 1.82) is 0 Å². The van der Waals surface area contributed by atoms with Crippen molar-refractivity contribution in [2.75, 3.05) is 30.1 Å². The summed E-state index contributed by atoms with van der Waals surface area (Å²) in [6.07, 6.45) is -0.384. The highest BCUT2D eigenvalue weighted by molar-refractivity contribution is 7.98. The van der Waals surface area contributed by atoms with Gasteiger partial charge in [0.25, 0.3) is 0 Å². The summed E-state index contributed by atoms with van der Waals surface area (Å²) >= 11 is 9.37. The molecule has 540 valence electrons. The molecule has 0 spiro atoms. The van der Waals surface area contributed by atoms with E-state index in [1.165, 1.54) is 74.1 Å². The van der Waals surface area contributed by atoms with Crippen LogP contribution in [-0.4, -0.2) is 211 Å². The van der Waals surface area contributed by atoms with Gasteiger partial charge in [-0.25, -0.2) is 4.79 Å². The monoisotopic (exact) mass is 1420 g/mol. The average molecular weight is 1420 g/mol. The fourth-order valence-electron chi connectivity index (χ4n) is 9.25. The molecule has 13 atom stereocenters. The Morgan fingerprint density at radius 1 is 0.464 bits per heavy atom. The molecule has 0 heterocycles. The van der Waals surface area contributed by atoms with Gasteiger partial charge in [-0.1, -0.05) is 58.4 Å². The maximum Gasteiger partial charge on any atom is 0.327 e. The molecule has 2 aromatic rings. The fourth-order valence-corrected chi connectivity index (χ4v) is 10.1. The average Bonchev–Trinajstić information content (AvgIpc) is 0.906. The zero-order chi connectivity index (χ0) is 73.2. The number of amides is 11. The number of thioether (sulfide) groups is 1. The highest BCUT2D eigenvalue weighted by Crippen LogP contribution is 2.17. The van der Waals surface area contributed by atoms with Gasteiger partial charge in [-0.05, 0) is 118 Å². The Morgan fingerprint density at radius 2 is 0.866 bits per heavy atom. The van der Waals surface area contributed by atoms with Crippen molar-refractivity contribution in [2.24, 2.45) is 23.3 Å². The number of benzene rings is 2. The van der Waals surface area contributed by atoms with E-state index >= 15 is 0 Å². The van der Waals surface area contributed by atoms with E-state index in [1.54, 1.807) is 34.0 Å². The summed E-state index contributed by atoms with van der Waals surface area (Å²) in [7, 11) is 0. The molecule has 0 bridgehead atoms. The lowest BCUT2D eigenvalue weighted by Crippen LogP contribution is -2.61. The lowest BCUT2D eigenvalue weighted by molar-refractivity contribution is -0.142. The number of nitrogens with two attached hydrogens (primary N) is 2. The first kappa shape index (κ1) is 84.7. The SMILES string of the molecule is CC[C@H](C)[C@H](NC(=O)[C@H](Cc1ccc(O)cc1)NC(=O)[C@H](CCSC)NC(=O)[C@@H](N)CS)C(=O)N[C@@H](CCC(=O)O)C(=O)N[C@@H](C)C(=O)N[C@@H](CC(C)C)C(=O)N[C@@H](CC(=O)O)C(=O)N[C@@H](CCCCN)C(=O)N[C@@H](Cc1ccc(O)cc1)C(=O)N[C@@H](C)C(=O)N[C@@H](CS)C(=O)O. The van der Waals surface area contributed by atoms with Gasteiger partial charge in [-0.2, -0.15) is 37.0 Å². The normalized spacial score (nSPS) is 15.1. The highest BCUT2D eigenvalue weighted by Gasteiger charge is 2.38. The molecule has 2 aromatic carbocycles. The molecule has 0 saturated heterocycles. The predicted molar refractivity (Wildman–Crippen MR) is 363 cm³/mol. The van der Waals surface area contributed by atoms with Crippen LogP contribution in [0.25, 0.3) is 0 Å². The summed E-state index contributed by atoms with van der Waals surface area (Å²) in [6, 6.07) is -6.45. The van der Waals surface area contributed by atoms with E-state index in [4.69, 9.17) is 11.5 Å². The molecule has 0 unspecified atom stereocenters. The molecule has 2 rings (SSSR count). The Kier molecular flexibility index (Phi) is 38.1. The number of rotatable bonds is 45. The molecule has 32 nitrogen and oxygen atoms in total. The molecule has 0 aliphatic rings. The summed E-state index contributed by atoms with van der Waals surface area (Å²) in [6.45, 7) is 9.21. The number of nitrogens with one attached hydrogen (secondary N) is 11. The van der Waals surface area contributed by atoms with Gasteiger partial charge >= 0.3 is 17.9 Å². The van der Waals surface area contributed by atoms with Gasteiger partial charge in [0.15, 0.2) is 0 Å². The van der Waals surface area contributed by atoms with E-state index in [0.717, 1.165) is 0 Å². The molecule has 35 heteroatoms. The van der Waals surface area contributed by atoms with Crippen molar-refractivity contribution in [1.82, 2.24) is 58.5 Å². The van der Waals surface area contributed by atoms with Gasteiger partial charge in [-0.15, -0.1) is 0 Å². The van der Waals surface area contributed by atoms with Crippen molar-refractivity contribution in [3.05, 3.63) is 59.7 Å². The molecular weight excluding hydrogens is 1330 g/mol. The van der Waals surface area contributed by atoms with Crippen molar-refractivity contribution < 1.29 is 92.7 Å². The number of aliphatic carboxylic acids is 3. The Balaban J connectivity index is 2.45. The molecule has 11 amide bonds. The van der Waals surface area contributed by atoms with Crippen LogP contribution in [0.15, 0.2) is 48.5 Å². The second-order valence-electron chi connectivity index (χ2n) is 23.6. The van der Waals surface area contributed by atoms with Crippen LogP contribution in [0.1, 0.15) is 110 Å². The lowest BCUT2D eigenvalue weighted by atomic mass is 9.96. The van der Waals surface area contributed by atoms with Crippen molar-refractivity contribution >= 4 is 120 Å². The third kappa shape index (κ3) is 31.1. The standard InChI is InChI=1S/C62H95N13O19S3/c1-8-32(4)50(75-60(91)45(27-36-14-18-38(77)19-15-36)72-56(87)42(22-24-97-7)67-53(84)39(64)29-95)61(92)69-41(20-21-48(78)79)54(85)65-33(5)51(82)70-43(25-31(2)3)58(89)73-46(28-49(80)81)59(90)68-40(11-9-10-23-63)55(86)71-44(26-35-12-16-37(76)17-13-35)57(88)66-34(6)52(83)74-47(30-96)62(93)94/h12-19,31-34,39-47,50,76-77,95-96H,8-11,20-30,63-64H2,1-7H3,(H,65,85)(H,66,88)(H,67,84)(H,68,90)(H,69,92)(H,70,82)(H,71,86)(H,72,87)(H,73,89)(H,74,83)(H,75,91)(H,78,79)(H,80,81)(H,93,94)/t32-,33-,34-,39-,40-,41-,42-,43-,44-,45-,46-,47-,50-/m0/s1. The molecule has 0 fully saturated rings. The Bertz CT molecular complexity index is 3010. The summed E-state index contributed by atoms with van der Waals surface area (Å²) in [5.41, 5.74) is 12.5.